The first-order valence-electron chi connectivity index (χ1n) is 20.9. The van der Waals surface area contributed by atoms with Crippen molar-refractivity contribution in [2.45, 2.75) is 19.3 Å². The second kappa shape index (κ2) is 14.4. The Hall–Kier alpha value is -7.48. The molecule has 1 heteroatoms. The Morgan fingerprint density at radius 1 is 0.367 bits per heavy atom. The maximum atomic E-state index is 2.43. The highest BCUT2D eigenvalue weighted by molar-refractivity contribution is 6.32. The quantitative estimate of drug-likeness (QED) is 0.115. The van der Waals surface area contributed by atoms with Gasteiger partial charge >= 0.3 is 0 Å². The maximum absolute atomic E-state index is 2.43. The van der Waals surface area contributed by atoms with Crippen LogP contribution in [-0.4, -0.2) is 0 Å². The van der Waals surface area contributed by atoms with Gasteiger partial charge in [-0.2, -0.15) is 0 Å². The molecule has 0 unspecified atom stereocenters. The highest BCUT2D eigenvalue weighted by atomic mass is 15.1. The maximum Gasteiger partial charge on any atom is 0.0465 e. The minimum Gasteiger partial charge on any atom is -0.310 e. The van der Waals surface area contributed by atoms with E-state index in [9.17, 15) is 0 Å². The van der Waals surface area contributed by atoms with E-state index in [0.717, 1.165) is 17.1 Å². The zero-order valence-corrected chi connectivity index (χ0v) is 33.8. The largest absolute Gasteiger partial charge is 0.310 e. The molecule has 0 bridgehead atoms. The zero-order valence-electron chi connectivity index (χ0n) is 33.8. The Kier molecular flexibility index (Phi) is 8.57. The SMILES string of the molecule is CC1(C)c2cc(/C=C/c3cc(-c4ccccc4)c4c5ccccc5c5ccccc5c4c3-c3ccccc3)ccc2-c2ccc(N(c3ccccc3)c3ccccc3)cc21. The molecule has 0 radical (unpaired) electrons. The average Bonchev–Trinajstić information content (AvgIpc) is 3.53. The van der Waals surface area contributed by atoms with Gasteiger partial charge in [-0.25, -0.2) is 0 Å². The van der Waals surface area contributed by atoms with Gasteiger partial charge in [0.25, 0.3) is 0 Å². The van der Waals surface area contributed by atoms with Crippen molar-refractivity contribution < 1.29 is 0 Å². The van der Waals surface area contributed by atoms with E-state index in [1.807, 2.05) is 0 Å². The summed E-state index contributed by atoms with van der Waals surface area (Å²) in [5, 5.41) is 7.68. The Labute approximate surface area is 352 Å². The fourth-order valence-corrected chi connectivity index (χ4v) is 9.79. The van der Waals surface area contributed by atoms with E-state index >= 15 is 0 Å². The fourth-order valence-electron chi connectivity index (χ4n) is 9.79. The lowest BCUT2D eigenvalue weighted by molar-refractivity contribution is 0.660. The van der Waals surface area contributed by atoms with Crippen LogP contribution in [0.4, 0.5) is 17.1 Å². The molecule has 0 spiro atoms. The first kappa shape index (κ1) is 35.7. The summed E-state index contributed by atoms with van der Waals surface area (Å²) < 4.78 is 0. The topological polar surface area (TPSA) is 3.24 Å². The van der Waals surface area contributed by atoms with Gasteiger partial charge in [0, 0.05) is 22.5 Å². The van der Waals surface area contributed by atoms with Crippen molar-refractivity contribution in [2.75, 3.05) is 4.90 Å². The monoisotopic (exact) mass is 765 g/mol. The van der Waals surface area contributed by atoms with Gasteiger partial charge in [-0.3, -0.25) is 0 Å². The van der Waals surface area contributed by atoms with Crippen molar-refractivity contribution >= 4 is 61.5 Å². The van der Waals surface area contributed by atoms with Gasteiger partial charge in [0.2, 0.25) is 0 Å². The lowest BCUT2D eigenvalue weighted by Crippen LogP contribution is -2.16. The van der Waals surface area contributed by atoms with E-state index in [2.05, 4.69) is 243 Å². The number of hydrogen-bond donors (Lipinski definition) is 0. The van der Waals surface area contributed by atoms with Crippen molar-refractivity contribution in [1.29, 1.82) is 0 Å². The molecule has 1 aliphatic carbocycles. The predicted octanol–water partition coefficient (Wildman–Crippen LogP) is 16.4. The Morgan fingerprint density at radius 3 is 1.45 bits per heavy atom. The number of nitrogens with zero attached hydrogens (tertiary/aromatic N) is 1. The Bertz CT molecular complexity index is 3210. The molecule has 1 aliphatic rings. The molecule has 0 saturated heterocycles. The summed E-state index contributed by atoms with van der Waals surface area (Å²) in [5.74, 6) is 0. The molecular weight excluding hydrogens is 723 g/mol. The highest BCUT2D eigenvalue weighted by Crippen LogP contribution is 2.52. The smallest absolute Gasteiger partial charge is 0.0465 e. The third-order valence-corrected chi connectivity index (χ3v) is 12.6. The van der Waals surface area contributed by atoms with Gasteiger partial charge in [0.15, 0.2) is 0 Å². The lowest BCUT2D eigenvalue weighted by Gasteiger charge is -2.28. The Morgan fingerprint density at radius 2 is 0.850 bits per heavy atom. The molecule has 0 amide bonds. The summed E-state index contributed by atoms with van der Waals surface area (Å²) >= 11 is 0. The number of benzene rings is 10. The van der Waals surface area contributed by atoms with E-state index in [1.165, 1.54) is 88.0 Å². The van der Waals surface area contributed by atoms with Crippen LogP contribution in [0.2, 0.25) is 0 Å². The van der Waals surface area contributed by atoms with E-state index in [0.29, 0.717) is 0 Å². The molecule has 0 aliphatic heterocycles. The van der Waals surface area contributed by atoms with Crippen LogP contribution in [-0.2, 0) is 5.41 Å². The van der Waals surface area contributed by atoms with Gasteiger partial charge in [0.05, 0.1) is 0 Å². The molecule has 0 atom stereocenters. The average molecular weight is 766 g/mol. The van der Waals surface area contributed by atoms with Crippen LogP contribution < -0.4 is 4.90 Å². The summed E-state index contributed by atoms with van der Waals surface area (Å²) in [6.45, 7) is 4.76. The van der Waals surface area contributed by atoms with Gasteiger partial charge in [0.1, 0.15) is 0 Å². The van der Waals surface area contributed by atoms with Crippen LogP contribution in [0.1, 0.15) is 36.1 Å². The van der Waals surface area contributed by atoms with Crippen LogP contribution in [0.3, 0.4) is 0 Å². The molecule has 0 aromatic heterocycles. The Balaban J connectivity index is 1.07. The molecule has 0 fully saturated rings. The minimum absolute atomic E-state index is 0.192. The van der Waals surface area contributed by atoms with Gasteiger partial charge < -0.3 is 4.90 Å². The minimum atomic E-state index is -0.192. The first-order chi connectivity index (χ1) is 29.5. The molecule has 284 valence electrons. The van der Waals surface area contributed by atoms with E-state index < -0.39 is 0 Å². The van der Waals surface area contributed by atoms with Gasteiger partial charge in [-0.15, -0.1) is 0 Å². The molecule has 11 rings (SSSR count). The van der Waals surface area contributed by atoms with Gasteiger partial charge in [-0.1, -0.05) is 196 Å². The van der Waals surface area contributed by atoms with Crippen molar-refractivity contribution in [3.05, 3.63) is 235 Å². The standard InChI is InChI=1S/C59H43N/c1-59(2)54-37-40(32-35-49(54)50-36-34-46(39-55(50)59)60(44-23-11-5-12-24-44)45-25-13-6-14-26-45)31-33-43-38-53(41-19-7-3-8-20-41)57-51-29-17-15-27-47(51)48-28-16-18-30-52(48)58(57)56(43)42-21-9-4-10-22-42/h3-39H,1-2H3/b33-31+. The van der Waals surface area contributed by atoms with Crippen molar-refractivity contribution in [1.82, 2.24) is 0 Å². The van der Waals surface area contributed by atoms with Crippen LogP contribution >= 0.6 is 0 Å². The molecular formula is C59H43N. The molecule has 0 heterocycles. The first-order valence-corrected chi connectivity index (χ1v) is 20.9. The normalized spacial score (nSPS) is 12.9. The van der Waals surface area contributed by atoms with Crippen molar-refractivity contribution in [2.24, 2.45) is 0 Å². The van der Waals surface area contributed by atoms with Crippen molar-refractivity contribution in [3.63, 3.8) is 0 Å². The van der Waals surface area contributed by atoms with Gasteiger partial charge in [-0.05, 0) is 130 Å². The molecule has 0 saturated carbocycles. The van der Waals surface area contributed by atoms with E-state index in [1.54, 1.807) is 0 Å². The highest BCUT2D eigenvalue weighted by Gasteiger charge is 2.36. The predicted molar refractivity (Wildman–Crippen MR) is 257 cm³/mol. The number of para-hydroxylation sites is 2. The van der Waals surface area contributed by atoms with Crippen LogP contribution in [0.5, 0.6) is 0 Å². The molecule has 10 aromatic rings. The molecule has 0 N–H and O–H groups in total. The molecule has 1 nitrogen and oxygen atoms in total. The summed E-state index contributed by atoms with van der Waals surface area (Å²) in [6.07, 6.45) is 4.67. The second-order valence-electron chi connectivity index (χ2n) is 16.5. The van der Waals surface area contributed by atoms with Crippen LogP contribution in [0.25, 0.3) is 77.9 Å². The third-order valence-electron chi connectivity index (χ3n) is 12.6. The summed E-state index contributed by atoms with van der Waals surface area (Å²) in [6, 6.07) is 77.6. The third kappa shape index (κ3) is 5.85. The summed E-state index contributed by atoms with van der Waals surface area (Å²) in [4.78, 5) is 2.36. The number of anilines is 3. The number of rotatable bonds is 7. The lowest BCUT2D eigenvalue weighted by atomic mass is 9.81. The van der Waals surface area contributed by atoms with Crippen molar-refractivity contribution in [3.8, 4) is 33.4 Å². The number of fused-ring (bicyclic) bond motifs is 9. The summed E-state index contributed by atoms with van der Waals surface area (Å²) in [7, 11) is 0. The van der Waals surface area contributed by atoms with Crippen LogP contribution in [0, 0.1) is 0 Å². The fraction of sp³-hybridized carbons (Fsp3) is 0.0508. The molecule has 10 aromatic carbocycles. The summed E-state index contributed by atoms with van der Waals surface area (Å²) in [5.41, 5.74) is 15.9. The molecule has 60 heavy (non-hydrogen) atoms. The van der Waals surface area contributed by atoms with E-state index in [4.69, 9.17) is 0 Å². The zero-order chi connectivity index (χ0) is 40.2. The van der Waals surface area contributed by atoms with Crippen LogP contribution in [0.15, 0.2) is 212 Å². The second-order valence-corrected chi connectivity index (χ2v) is 16.5. The number of hydrogen-bond acceptors (Lipinski definition) is 1. The van der Waals surface area contributed by atoms with E-state index in [-0.39, 0.29) is 5.41 Å².